The third-order valence-corrected chi connectivity index (χ3v) is 4.09. The number of ether oxygens (including phenoxy) is 1. The Kier molecular flexibility index (Phi) is 6.63. The largest absolute Gasteiger partial charge is 0.504 e. The van der Waals surface area contributed by atoms with E-state index in [1.807, 2.05) is 0 Å². The van der Waals surface area contributed by atoms with E-state index < -0.39 is 15.8 Å². The molecule has 1 aromatic carbocycles. The lowest BCUT2D eigenvalue weighted by atomic mass is 10.3. The van der Waals surface area contributed by atoms with Crippen LogP contribution in [0.5, 0.6) is 0 Å². The molecule has 0 amide bonds. The van der Waals surface area contributed by atoms with E-state index in [-0.39, 0.29) is 16.7 Å². The minimum Gasteiger partial charge on any atom is -0.504 e. The zero-order chi connectivity index (χ0) is 19.9. The fourth-order valence-corrected chi connectivity index (χ4v) is 2.41. The smallest absolute Gasteiger partial charge is 0.238 e. The number of nitrogens with one attached hydrogen (secondary N) is 2. The van der Waals surface area contributed by atoms with Gasteiger partial charge in [-0.1, -0.05) is 6.58 Å². The number of primary sulfonamides is 1. The standard InChI is InChI=1S/C17H18FN5O3S/c1-3-12(5-4-10-26-2)21-16-15(18)11-20-17(23-16)22-13-6-8-14(9-7-13)27(19,24)25/h3-11H,1H2,2H3,(H2,19,24,25)(H2,20,21,22,23)/b10-4-,12-5+. The highest BCUT2D eigenvalue weighted by molar-refractivity contribution is 7.89. The number of hydrogen-bond donors (Lipinski definition) is 3. The molecule has 0 aliphatic heterocycles. The number of hydrogen-bond acceptors (Lipinski definition) is 7. The van der Waals surface area contributed by atoms with Gasteiger partial charge in [0.25, 0.3) is 0 Å². The molecule has 0 spiro atoms. The molecule has 1 aromatic heterocycles. The molecule has 0 bridgehead atoms. The number of sulfonamides is 1. The maximum Gasteiger partial charge on any atom is 0.238 e. The van der Waals surface area contributed by atoms with Crippen molar-refractivity contribution in [2.24, 2.45) is 5.14 Å². The number of anilines is 3. The van der Waals surface area contributed by atoms with Crippen LogP contribution in [0.1, 0.15) is 0 Å². The molecule has 142 valence electrons. The second kappa shape index (κ2) is 8.92. The summed E-state index contributed by atoms with van der Waals surface area (Å²) in [4.78, 5) is 7.89. The minimum absolute atomic E-state index is 0.0275. The highest BCUT2D eigenvalue weighted by Crippen LogP contribution is 2.19. The Morgan fingerprint density at radius 3 is 2.63 bits per heavy atom. The summed E-state index contributed by atoms with van der Waals surface area (Å²) < 4.78 is 41.3. The first kappa shape index (κ1) is 20.1. The molecular formula is C17H18FN5O3S. The molecule has 27 heavy (non-hydrogen) atoms. The topological polar surface area (TPSA) is 119 Å². The van der Waals surface area contributed by atoms with Crippen LogP contribution in [-0.4, -0.2) is 25.5 Å². The van der Waals surface area contributed by atoms with Crippen molar-refractivity contribution in [2.75, 3.05) is 17.7 Å². The molecule has 0 aliphatic rings. The van der Waals surface area contributed by atoms with E-state index in [0.29, 0.717) is 11.4 Å². The molecule has 0 fully saturated rings. The van der Waals surface area contributed by atoms with Gasteiger partial charge in [0, 0.05) is 11.4 Å². The van der Waals surface area contributed by atoms with Gasteiger partial charge in [-0.15, -0.1) is 0 Å². The summed E-state index contributed by atoms with van der Waals surface area (Å²) in [5.41, 5.74) is 0.992. The summed E-state index contributed by atoms with van der Waals surface area (Å²) >= 11 is 0. The van der Waals surface area contributed by atoms with Gasteiger partial charge >= 0.3 is 0 Å². The first-order valence-electron chi connectivity index (χ1n) is 7.55. The summed E-state index contributed by atoms with van der Waals surface area (Å²) in [6.07, 6.45) is 7.16. The van der Waals surface area contributed by atoms with E-state index in [2.05, 4.69) is 27.2 Å². The Morgan fingerprint density at radius 1 is 1.33 bits per heavy atom. The molecule has 0 saturated heterocycles. The van der Waals surface area contributed by atoms with Crippen molar-refractivity contribution in [2.45, 2.75) is 4.90 Å². The monoisotopic (exact) mass is 391 g/mol. The number of aromatic nitrogens is 2. The van der Waals surface area contributed by atoms with Gasteiger partial charge < -0.3 is 15.4 Å². The highest BCUT2D eigenvalue weighted by atomic mass is 32.2. The van der Waals surface area contributed by atoms with Crippen LogP contribution in [0.3, 0.4) is 0 Å². The molecule has 0 saturated carbocycles. The molecule has 10 heteroatoms. The molecule has 0 unspecified atom stereocenters. The van der Waals surface area contributed by atoms with Gasteiger partial charge in [0.1, 0.15) is 0 Å². The maximum atomic E-state index is 14.0. The van der Waals surface area contributed by atoms with E-state index >= 15 is 0 Å². The van der Waals surface area contributed by atoms with Gasteiger partial charge in [-0.3, -0.25) is 0 Å². The highest BCUT2D eigenvalue weighted by Gasteiger charge is 2.10. The number of benzene rings is 1. The summed E-state index contributed by atoms with van der Waals surface area (Å²) in [6, 6.07) is 5.65. The van der Waals surface area contributed by atoms with E-state index in [0.717, 1.165) is 6.20 Å². The van der Waals surface area contributed by atoms with Gasteiger partial charge in [0.15, 0.2) is 11.6 Å². The van der Waals surface area contributed by atoms with Crippen LogP contribution >= 0.6 is 0 Å². The van der Waals surface area contributed by atoms with Gasteiger partial charge in [0.2, 0.25) is 16.0 Å². The molecule has 2 aromatic rings. The predicted octanol–water partition coefficient (Wildman–Crippen LogP) is 2.65. The second-order valence-electron chi connectivity index (χ2n) is 5.10. The van der Waals surface area contributed by atoms with Gasteiger partial charge in [-0.05, 0) is 42.5 Å². The molecule has 0 atom stereocenters. The van der Waals surface area contributed by atoms with Crippen LogP contribution in [0.15, 0.2) is 72.1 Å². The molecule has 2 rings (SSSR count). The van der Waals surface area contributed by atoms with E-state index in [1.165, 1.54) is 43.7 Å². The molecule has 4 N–H and O–H groups in total. The molecule has 1 heterocycles. The SMILES string of the molecule is C=C/C(=C\C=C/OC)Nc1nc(Nc2ccc(S(N)(=O)=O)cc2)ncc1F. The third-order valence-electron chi connectivity index (χ3n) is 3.16. The van der Waals surface area contributed by atoms with Crippen LogP contribution in [0.25, 0.3) is 0 Å². The van der Waals surface area contributed by atoms with Crippen molar-refractivity contribution in [1.29, 1.82) is 0 Å². The van der Waals surface area contributed by atoms with Gasteiger partial charge in [-0.25, -0.2) is 22.9 Å². The lowest BCUT2D eigenvalue weighted by Crippen LogP contribution is -2.11. The Hall–Kier alpha value is -3.24. The Labute approximate surface area is 156 Å². The molecule has 8 nitrogen and oxygen atoms in total. The van der Waals surface area contributed by atoms with Crippen molar-refractivity contribution in [3.63, 3.8) is 0 Å². The number of methoxy groups -OCH3 is 1. The van der Waals surface area contributed by atoms with Crippen molar-refractivity contribution >= 4 is 27.5 Å². The van der Waals surface area contributed by atoms with E-state index in [1.54, 1.807) is 12.2 Å². The average Bonchev–Trinajstić information content (AvgIpc) is 2.63. The summed E-state index contributed by atoms with van der Waals surface area (Å²) in [5, 5.41) is 10.7. The van der Waals surface area contributed by atoms with Crippen molar-refractivity contribution in [1.82, 2.24) is 9.97 Å². The predicted molar refractivity (Wildman–Crippen MR) is 101 cm³/mol. The summed E-state index contributed by atoms with van der Waals surface area (Å²) in [5.74, 6) is -0.614. The van der Waals surface area contributed by atoms with E-state index in [4.69, 9.17) is 9.88 Å². The first-order valence-corrected chi connectivity index (χ1v) is 9.09. The first-order chi connectivity index (χ1) is 12.8. The Bertz CT molecular complexity index is 973. The van der Waals surface area contributed by atoms with Crippen molar-refractivity contribution in [3.05, 3.63) is 73.0 Å². The average molecular weight is 391 g/mol. The number of nitrogens with zero attached hydrogens (tertiary/aromatic N) is 2. The lowest BCUT2D eigenvalue weighted by molar-refractivity contribution is 0.338. The normalized spacial score (nSPS) is 12.0. The van der Waals surface area contributed by atoms with Crippen LogP contribution < -0.4 is 15.8 Å². The number of halogens is 1. The molecule has 0 aliphatic carbocycles. The second-order valence-corrected chi connectivity index (χ2v) is 6.66. The van der Waals surface area contributed by atoms with Gasteiger partial charge in [-0.2, -0.15) is 4.98 Å². The lowest BCUT2D eigenvalue weighted by Gasteiger charge is -2.10. The van der Waals surface area contributed by atoms with Crippen LogP contribution in [-0.2, 0) is 14.8 Å². The molecular weight excluding hydrogens is 373 g/mol. The Balaban J connectivity index is 2.20. The number of rotatable bonds is 8. The van der Waals surface area contributed by atoms with Crippen molar-refractivity contribution in [3.8, 4) is 0 Å². The summed E-state index contributed by atoms with van der Waals surface area (Å²) in [7, 11) is -2.28. The Morgan fingerprint density at radius 2 is 2.04 bits per heavy atom. The minimum atomic E-state index is -3.78. The van der Waals surface area contributed by atoms with E-state index in [9.17, 15) is 12.8 Å². The van der Waals surface area contributed by atoms with Crippen LogP contribution in [0.4, 0.5) is 21.8 Å². The van der Waals surface area contributed by atoms with Crippen molar-refractivity contribution < 1.29 is 17.5 Å². The number of allylic oxidation sites excluding steroid dienone is 3. The molecule has 0 radical (unpaired) electrons. The number of nitrogens with two attached hydrogens (primary N) is 1. The zero-order valence-electron chi connectivity index (χ0n) is 14.4. The summed E-state index contributed by atoms with van der Waals surface area (Å²) in [6.45, 7) is 3.64. The van der Waals surface area contributed by atoms with Crippen LogP contribution in [0, 0.1) is 5.82 Å². The third kappa shape index (κ3) is 5.90. The van der Waals surface area contributed by atoms with Crippen LogP contribution in [0.2, 0.25) is 0 Å². The van der Waals surface area contributed by atoms with Gasteiger partial charge in [0.05, 0.1) is 24.5 Å². The fourth-order valence-electron chi connectivity index (χ4n) is 1.89. The quantitative estimate of drug-likeness (QED) is 0.467. The fraction of sp³-hybridized carbons (Fsp3) is 0.0588. The maximum absolute atomic E-state index is 14.0. The zero-order valence-corrected chi connectivity index (χ0v) is 15.2.